The summed E-state index contributed by atoms with van der Waals surface area (Å²) in [5, 5.41) is 33.7. The van der Waals surface area contributed by atoms with E-state index in [0.717, 1.165) is 6.42 Å². The first-order chi connectivity index (χ1) is 21.1. The number of rotatable bonds is 20. The van der Waals surface area contributed by atoms with Crippen LogP contribution in [-0.2, 0) is 38.4 Å². The van der Waals surface area contributed by atoms with E-state index in [1.807, 2.05) is 0 Å². The van der Waals surface area contributed by atoms with Crippen LogP contribution < -0.4 is 43.4 Å². The number of carboxylic acids is 1. The lowest BCUT2D eigenvalue weighted by molar-refractivity contribution is -0.145. The van der Waals surface area contributed by atoms with Crippen LogP contribution in [0, 0.1) is 0 Å². The summed E-state index contributed by atoms with van der Waals surface area (Å²) < 4.78 is 0. The molecule has 0 aromatic heterocycles. The molecule has 19 heteroatoms. The molecule has 7 amide bonds. The Morgan fingerprint density at radius 2 is 1.40 bits per heavy atom. The van der Waals surface area contributed by atoms with Gasteiger partial charge in [-0.3, -0.25) is 33.6 Å². The average Bonchev–Trinajstić information content (AvgIpc) is 3.50. The van der Waals surface area contributed by atoms with E-state index in [-0.39, 0.29) is 19.3 Å². The highest BCUT2D eigenvalue weighted by Crippen LogP contribution is 2.08. The Bertz CT molecular complexity index is 1100. The van der Waals surface area contributed by atoms with Crippen molar-refractivity contribution in [2.75, 3.05) is 18.6 Å². The Balaban J connectivity index is 3.01. The van der Waals surface area contributed by atoms with Crippen LogP contribution in [0.25, 0.3) is 0 Å². The molecular formula is C26H44N8O10S. The molecule has 0 aliphatic carbocycles. The molecule has 45 heavy (non-hydrogen) atoms. The van der Waals surface area contributed by atoms with E-state index in [1.165, 1.54) is 25.6 Å². The molecule has 7 atom stereocenters. The smallest absolute Gasteiger partial charge is 0.328 e. The molecule has 1 saturated heterocycles. The van der Waals surface area contributed by atoms with Gasteiger partial charge in [0.2, 0.25) is 41.4 Å². The average molecular weight is 661 g/mol. The van der Waals surface area contributed by atoms with Crippen molar-refractivity contribution < 1.29 is 48.6 Å². The number of hydrogen-bond acceptors (Lipinski definition) is 11. The number of thioether (sulfide) groups is 1. The number of hydrogen-bond donors (Lipinski definition) is 10. The van der Waals surface area contributed by atoms with E-state index in [0.29, 0.717) is 18.7 Å². The molecule has 0 aromatic rings. The fraction of sp³-hybridized carbons (Fsp3) is 0.692. The molecule has 0 bridgehead atoms. The summed E-state index contributed by atoms with van der Waals surface area (Å²) in [6.45, 7) is 3.06. The zero-order valence-electron chi connectivity index (χ0n) is 25.4. The van der Waals surface area contributed by atoms with Gasteiger partial charge in [-0.2, -0.15) is 11.8 Å². The zero-order chi connectivity index (χ0) is 34.3. The normalized spacial score (nSPS) is 18.2. The maximum atomic E-state index is 13.1. The van der Waals surface area contributed by atoms with Crippen LogP contribution in [0.2, 0.25) is 0 Å². The lowest BCUT2D eigenvalue weighted by atomic mass is 10.1. The first-order valence-corrected chi connectivity index (χ1v) is 15.7. The molecule has 254 valence electrons. The van der Waals surface area contributed by atoms with Gasteiger partial charge >= 0.3 is 5.97 Å². The van der Waals surface area contributed by atoms with Gasteiger partial charge in [0.1, 0.15) is 24.2 Å². The van der Waals surface area contributed by atoms with E-state index < -0.39 is 96.1 Å². The highest BCUT2D eigenvalue weighted by atomic mass is 32.2. The number of nitrogens with two attached hydrogens (primary N) is 2. The topological polar surface area (TPSA) is 301 Å². The minimum atomic E-state index is -1.63. The van der Waals surface area contributed by atoms with Crippen molar-refractivity contribution >= 4 is 59.1 Å². The van der Waals surface area contributed by atoms with Crippen LogP contribution in [0.1, 0.15) is 52.4 Å². The van der Waals surface area contributed by atoms with Gasteiger partial charge in [0.15, 0.2) is 6.04 Å². The van der Waals surface area contributed by atoms with Crippen molar-refractivity contribution in [1.82, 2.24) is 31.9 Å². The lowest BCUT2D eigenvalue weighted by Gasteiger charge is -2.26. The van der Waals surface area contributed by atoms with Crippen molar-refractivity contribution in [3.63, 3.8) is 0 Å². The number of aliphatic hydroxyl groups is 1. The molecule has 18 nitrogen and oxygen atoms in total. The third-order valence-corrected chi connectivity index (χ3v) is 7.41. The molecule has 1 aliphatic rings. The van der Waals surface area contributed by atoms with Crippen LogP contribution in [-0.4, -0.2) is 118 Å². The SMILES string of the molecule is CSCC[C@H](NC(=O)[C@H](C)NC(=O)[C@H](CCC(N)=O)NC(=O)[C@H](CC(N)=O)NC(=O)[C@@H]1CCCN1)C(=O)N[C@H](C(=O)O)[C@@H](C)O. The highest BCUT2D eigenvalue weighted by molar-refractivity contribution is 7.98. The molecule has 1 aliphatic heterocycles. The molecule has 1 fully saturated rings. The standard InChI is InChI=1S/C26H44N8O10S/c1-12(21(38)31-16(8-10-45-3)24(41)34-20(13(2)35)26(43)44)30-23(40)15(6-7-18(27)36)32-25(42)17(11-19(28)37)33-22(39)14-5-4-9-29-14/h12-17,20,29,35H,4-11H2,1-3H3,(H2,27,36)(H2,28,37)(H,30,40)(H,31,38)(H,32,42)(H,33,39)(H,34,41)(H,43,44)/t12-,13+,14-,15-,16-,17-,20-/m0/s1. The van der Waals surface area contributed by atoms with E-state index in [9.17, 15) is 48.6 Å². The summed E-state index contributed by atoms with van der Waals surface area (Å²) in [5.41, 5.74) is 10.5. The first-order valence-electron chi connectivity index (χ1n) is 14.3. The van der Waals surface area contributed by atoms with Crippen molar-refractivity contribution in [2.45, 2.75) is 94.7 Å². The minimum absolute atomic E-state index is 0.0895. The van der Waals surface area contributed by atoms with E-state index in [1.54, 1.807) is 6.26 Å². The number of carbonyl (C=O) groups is 8. The maximum Gasteiger partial charge on any atom is 0.328 e. The van der Waals surface area contributed by atoms with Gasteiger partial charge < -0.3 is 53.6 Å². The van der Waals surface area contributed by atoms with Crippen LogP contribution in [0.4, 0.5) is 0 Å². The summed E-state index contributed by atoms with van der Waals surface area (Å²) in [7, 11) is 0. The molecule has 0 aromatic carbocycles. The quantitative estimate of drug-likeness (QED) is 0.0591. The Kier molecular flexibility index (Phi) is 16.9. The van der Waals surface area contributed by atoms with Gasteiger partial charge in [0.05, 0.1) is 18.6 Å². The monoisotopic (exact) mass is 660 g/mol. The van der Waals surface area contributed by atoms with E-state index in [2.05, 4.69) is 31.9 Å². The summed E-state index contributed by atoms with van der Waals surface area (Å²) in [6, 6.07) is -7.59. The number of aliphatic hydroxyl groups excluding tert-OH is 1. The summed E-state index contributed by atoms with van der Waals surface area (Å²) >= 11 is 1.36. The summed E-state index contributed by atoms with van der Waals surface area (Å²) in [4.78, 5) is 99.0. The van der Waals surface area contributed by atoms with Crippen molar-refractivity contribution in [3.8, 4) is 0 Å². The third kappa shape index (κ3) is 14.1. The lowest BCUT2D eigenvalue weighted by Crippen LogP contribution is -2.59. The third-order valence-electron chi connectivity index (χ3n) is 6.77. The van der Waals surface area contributed by atoms with Gasteiger partial charge in [0.25, 0.3) is 0 Å². The molecule has 0 saturated carbocycles. The van der Waals surface area contributed by atoms with Gasteiger partial charge in [-0.1, -0.05) is 0 Å². The second kappa shape index (κ2) is 19.4. The van der Waals surface area contributed by atoms with Gasteiger partial charge in [-0.15, -0.1) is 0 Å². The molecular weight excluding hydrogens is 616 g/mol. The van der Waals surface area contributed by atoms with Crippen LogP contribution >= 0.6 is 11.8 Å². The molecule has 1 heterocycles. The maximum absolute atomic E-state index is 13.1. The Labute approximate surface area is 264 Å². The number of amides is 7. The van der Waals surface area contributed by atoms with Crippen molar-refractivity contribution in [1.29, 1.82) is 0 Å². The van der Waals surface area contributed by atoms with Crippen molar-refractivity contribution in [3.05, 3.63) is 0 Å². The fourth-order valence-corrected chi connectivity index (χ4v) is 4.71. The predicted molar refractivity (Wildman–Crippen MR) is 161 cm³/mol. The van der Waals surface area contributed by atoms with Gasteiger partial charge in [0, 0.05) is 6.42 Å². The molecule has 0 spiro atoms. The number of nitrogens with one attached hydrogen (secondary N) is 6. The Morgan fingerprint density at radius 3 is 1.91 bits per heavy atom. The highest BCUT2D eigenvalue weighted by Gasteiger charge is 2.33. The van der Waals surface area contributed by atoms with Crippen molar-refractivity contribution in [2.24, 2.45) is 11.5 Å². The number of carboxylic acid groups (broad SMARTS) is 1. The second-order valence-electron chi connectivity index (χ2n) is 10.6. The molecule has 12 N–H and O–H groups in total. The molecule has 0 unspecified atom stereocenters. The zero-order valence-corrected chi connectivity index (χ0v) is 26.2. The molecule has 0 radical (unpaired) electrons. The first kappa shape index (κ1) is 39.1. The van der Waals surface area contributed by atoms with Crippen LogP contribution in [0.15, 0.2) is 0 Å². The minimum Gasteiger partial charge on any atom is -0.480 e. The van der Waals surface area contributed by atoms with E-state index in [4.69, 9.17) is 11.5 Å². The Morgan fingerprint density at radius 1 is 0.822 bits per heavy atom. The van der Waals surface area contributed by atoms with Gasteiger partial charge in [-0.25, -0.2) is 4.79 Å². The second-order valence-corrected chi connectivity index (χ2v) is 11.6. The summed E-state index contributed by atoms with van der Waals surface area (Å²) in [5.74, 6) is -6.88. The van der Waals surface area contributed by atoms with Gasteiger partial charge in [-0.05, 0) is 58.1 Å². The summed E-state index contributed by atoms with van der Waals surface area (Å²) in [6.07, 6.45) is 0.447. The van der Waals surface area contributed by atoms with Crippen LogP contribution in [0.5, 0.6) is 0 Å². The predicted octanol–water partition coefficient (Wildman–Crippen LogP) is -4.46. The number of aliphatic carboxylic acids is 1. The molecule has 1 rings (SSSR count). The number of primary amides is 2. The number of carbonyl (C=O) groups excluding carboxylic acids is 7. The largest absolute Gasteiger partial charge is 0.480 e. The Hall–Kier alpha value is -3.97. The fourth-order valence-electron chi connectivity index (χ4n) is 4.24. The van der Waals surface area contributed by atoms with E-state index >= 15 is 0 Å². The van der Waals surface area contributed by atoms with Crippen LogP contribution in [0.3, 0.4) is 0 Å².